The minimum atomic E-state index is 0.252. The van der Waals surface area contributed by atoms with Crippen LogP contribution >= 0.6 is 11.8 Å². The lowest BCUT2D eigenvalue weighted by Gasteiger charge is -2.37. The molecule has 0 aromatic heterocycles. The lowest BCUT2D eigenvalue weighted by Crippen LogP contribution is -2.45. The third-order valence-electron chi connectivity index (χ3n) is 3.98. The maximum Gasteiger partial charge on any atom is 0.0362 e. The highest BCUT2D eigenvalue weighted by molar-refractivity contribution is 8.00. The van der Waals surface area contributed by atoms with E-state index in [1.807, 2.05) is 11.8 Å². The van der Waals surface area contributed by atoms with Crippen molar-refractivity contribution in [1.82, 2.24) is 10.2 Å². The molecule has 124 valence electrons. The predicted octanol–water partition coefficient (Wildman–Crippen LogP) is 4.57. The zero-order valence-corrected chi connectivity index (χ0v) is 15.7. The molecule has 22 heavy (non-hydrogen) atoms. The van der Waals surface area contributed by atoms with Gasteiger partial charge >= 0.3 is 0 Å². The standard InChI is InChI=1S/C19H32N2S/c1-15(2)14-17(21-12-10-20-11-13-21)16-8-6-7-9-18(16)22-19(3,4)5/h6-9,15,17,20H,10-14H2,1-5H3/t17-/m1/s1. The molecule has 3 heteroatoms. The van der Waals surface area contributed by atoms with E-state index >= 15 is 0 Å². The normalized spacial score (nSPS) is 18.6. The summed E-state index contributed by atoms with van der Waals surface area (Å²) in [6.45, 7) is 16.1. The Balaban J connectivity index is 2.29. The molecule has 0 aliphatic carbocycles. The number of thioether (sulfide) groups is 1. The number of benzene rings is 1. The first-order chi connectivity index (χ1) is 10.4. The lowest BCUT2D eigenvalue weighted by molar-refractivity contribution is 0.152. The lowest BCUT2D eigenvalue weighted by atomic mass is 9.95. The van der Waals surface area contributed by atoms with Gasteiger partial charge in [0.25, 0.3) is 0 Å². The Morgan fingerprint density at radius 3 is 2.36 bits per heavy atom. The molecule has 2 nitrogen and oxygen atoms in total. The number of hydrogen-bond donors (Lipinski definition) is 1. The summed E-state index contributed by atoms with van der Waals surface area (Å²) >= 11 is 2.00. The van der Waals surface area contributed by atoms with E-state index in [4.69, 9.17) is 0 Å². The van der Waals surface area contributed by atoms with Crippen molar-refractivity contribution in [2.24, 2.45) is 5.92 Å². The number of rotatable bonds is 5. The fourth-order valence-electron chi connectivity index (χ4n) is 3.09. The second-order valence-corrected chi connectivity index (χ2v) is 9.55. The molecule has 1 aliphatic rings. The van der Waals surface area contributed by atoms with Crippen LogP contribution in [-0.4, -0.2) is 35.8 Å². The topological polar surface area (TPSA) is 15.3 Å². The maximum absolute atomic E-state index is 3.48. The first-order valence-electron chi connectivity index (χ1n) is 8.59. The first-order valence-corrected chi connectivity index (χ1v) is 9.41. The number of piperazine rings is 1. The smallest absolute Gasteiger partial charge is 0.0362 e. The minimum Gasteiger partial charge on any atom is -0.314 e. The molecular weight excluding hydrogens is 288 g/mol. The molecule has 1 aromatic carbocycles. The van der Waals surface area contributed by atoms with Gasteiger partial charge in [-0.3, -0.25) is 4.90 Å². The fraction of sp³-hybridized carbons (Fsp3) is 0.684. The molecule has 1 aromatic rings. The highest BCUT2D eigenvalue weighted by Gasteiger charge is 2.26. The molecule has 1 atom stereocenters. The van der Waals surface area contributed by atoms with Crippen LogP contribution in [0.4, 0.5) is 0 Å². The molecule has 0 spiro atoms. The molecule has 1 saturated heterocycles. The summed E-state index contributed by atoms with van der Waals surface area (Å²) in [6.07, 6.45) is 1.24. The van der Waals surface area contributed by atoms with E-state index in [0.717, 1.165) is 26.2 Å². The van der Waals surface area contributed by atoms with Gasteiger partial charge in [0, 0.05) is 41.9 Å². The predicted molar refractivity (Wildman–Crippen MR) is 98.7 cm³/mol. The van der Waals surface area contributed by atoms with Crippen LogP contribution in [-0.2, 0) is 0 Å². The maximum atomic E-state index is 3.48. The van der Waals surface area contributed by atoms with Gasteiger partial charge in [-0.25, -0.2) is 0 Å². The van der Waals surface area contributed by atoms with Gasteiger partial charge in [0.15, 0.2) is 0 Å². The van der Waals surface area contributed by atoms with Crippen molar-refractivity contribution in [2.45, 2.75) is 56.7 Å². The molecule has 0 radical (unpaired) electrons. The van der Waals surface area contributed by atoms with Crippen LogP contribution < -0.4 is 5.32 Å². The Labute approximate surface area is 141 Å². The number of nitrogens with zero attached hydrogens (tertiary/aromatic N) is 1. The van der Waals surface area contributed by atoms with Crippen LogP contribution in [0.2, 0.25) is 0 Å². The Morgan fingerprint density at radius 2 is 1.77 bits per heavy atom. The molecule has 0 unspecified atom stereocenters. The first kappa shape index (κ1) is 17.8. The quantitative estimate of drug-likeness (QED) is 0.800. The second-order valence-electron chi connectivity index (χ2n) is 7.68. The van der Waals surface area contributed by atoms with E-state index < -0.39 is 0 Å². The number of hydrogen-bond acceptors (Lipinski definition) is 3. The zero-order valence-electron chi connectivity index (χ0n) is 14.9. The van der Waals surface area contributed by atoms with E-state index in [0.29, 0.717) is 12.0 Å². The van der Waals surface area contributed by atoms with Crippen LogP contribution in [0.15, 0.2) is 29.2 Å². The molecule has 1 N–H and O–H groups in total. The molecule has 1 aliphatic heterocycles. The monoisotopic (exact) mass is 320 g/mol. The van der Waals surface area contributed by atoms with Crippen LogP contribution in [0.1, 0.15) is 52.6 Å². The van der Waals surface area contributed by atoms with E-state index in [9.17, 15) is 0 Å². The van der Waals surface area contributed by atoms with E-state index in [1.165, 1.54) is 16.9 Å². The Bertz CT molecular complexity index is 459. The van der Waals surface area contributed by atoms with Crippen molar-refractivity contribution in [3.63, 3.8) is 0 Å². The Morgan fingerprint density at radius 1 is 1.14 bits per heavy atom. The van der Waals surface area contributed by atoms with E-state index in [2.05, 4.69) is 69.1 Å². The van der Waals surface area contributed by atoms with Crippen LogP contribution in [0, 0.1) is 5.92 Å². The third-order valence-corrected chi connectivity index (χ3v) is 5.19. The summed E-state index contributed by atoms with van der Waals surface area (Å²) in [7, 11) is 0. The van der Waals surface area contributed by atoms with Crippen LogP contribution in [0.3, 0.4) is 0 Å². The Hall–Kier alpha value is -0.510. The van der Waals surface area contributed by atoms with Crippen molar-refractivity contribution >= 4 is 11.8 Å². The SMILES string of the molecule is CC(C)C[C@H](c1ccccc1SC(C)(C)C)N1CCNCC1. The molecular formula is C19H32N2S. The van der Waals surface area contributed by atoms with Gasteiger partial charge in [0.1, 0.15) is 0 Å². The average molecular weight is 321 g/mol. The summed E-state index contributed by atoms with van der Waals surface area (Å²) in [4.78, 5) is 4.14. The van der Waals surface area contributed by atoms with Gasteiger partial charge in [-0.1, -0.05) is 52.8 Å². The summed E-state index contributed by atoms with van der Waals surface area (Å²) in [5.41, 5.74) is 1.53. The van der Waals surface area contributed by atoms with Crippen LogP contribution in [0.5, 0.6) is 0 Å². The van der Waals surface area contributed by atoms with Crippen molar-refractivity contribution in [3.8, 4) is 0 Å². The van der Waals surface area contributed by atoms with Crippen molar-refractivity contribution in [1.29, 1.82) is 0 Å². The average Bonchev–Trinajstić information content (AvgIpc) is 2.45. The highest BCUT2D eigenvalue weighted by Crippen LogP contribution is 2.39. The zero-order chi connectivity index (χ0) is 16.2. The van der Waals surface area contributed by atoms with Crippen molar-refractivity contribution in [2.75, 3.05) is 26.2 Å². The van der Waals surface area contributed by atoms with Gasteiger partial charge in [0.05, 0.1) is 0 Å². The Kier molecular flexibility index (Phi) is 6.36. The summed E-state index contributed by atoms with van der Waals surface area (Å²) in [5.74, 6) is 0.715. The van der Waals surface area contributed by atoms with Gasteiger partial charge in [-0.15, -0.1) is 11.8 Å². The number of nitrogens with one attached hydrogen (secondary N) is 1. The highest BCUT2D eigenvalue weighted by atomic mass is 32.2. The van der Waals surface area contributed by atoms with Crippen molar-refractivity contribution < 1.29 is 0 Å². The van der Waals surface area contributed by atoms with Gasteiger partial charge in [0.2, 0.25) is 0 Å². The third kappa shape index (κ3) is 5.29. The molecule has 0 amide bonds. The molecule has 1 heterocycles. The van der Waals surface area contributed by atoms with Crippen molar-refractivity contribution in [3.05, 3.63) is 29.8 Å². The second kappa shape index (κ2) is 7.85. The van der Waals surface area contributed by atoms with Gasteiger partial charge in [-0.05, 0) is 24.0 Å². The largest absolute Gasteiger partial charge is 0.314 e. The summed E-state index contributed by atoms with van der Waals surface area (Å²) < 4.78 is 0.252. The van der Waals surface area contributed by atoms with E-state index in [-0.39, 0.29) is 4.75 Å². The molecule has 0 bridgehead atoms. The van der Waals surface area contributed by atoms with Gasteiger partial charge < -0.3 is 5.32 Å². The molecule has 0 saturated carbocycles. The minimum absolute atomic E-state index is 0.252. The fourth-order valence-corrected chi connectivity index (χ4v) is 4.22. The summed E-state index contributed by atoms with van der Waals surface area (Å²) in [5, 5.41) is 3.48. The van der Waals surface area contributed by atoms with Crippen LogP contribution in [0.25, 0.3) is 0 Å². The molecule has 1 fully saturated rings. The van der Waals surface area contributed by atoms with E-state index in [1.54, 1.807) is 0 Å². The molecule has 2 rings (SSSR count). The van der Waals surface area contributed by atoms with Gasteiger partial charge in [-0.2, -0.15) is 0 Å². The summed E-state index contributed by atoms with van der Waals surface area (Å²) in [6, 6.07) is 9.59.